The van der Waals surface area contributed by atoms with Gasteiger partial charge in [0.2, 0.25) is 0 Å². The highest BCUT2D eigenvalue weighted by Crippen LogP contribution is 2.20. The minimum absolute atomic E-state index is 0.0399. The molecule has 0 saturated carbocycles. The number of anilines is 1. The Balaban J connectivity index is 1.95. The van der Waals surface area contributed by atoms with Gasteiger partial charge in [0.05, 0.1) is 16.2 Å². The van der Waals surface area contributed by atoms with Crippen LogP contribution in [0.15, 0.2) is 65.7 Å². The molecule has 2 N–H and O–H groups in total. The molecule has 0 amide bonds. The van der Waals surface area contributed by atoms with Crippen molar-refractivity contribution in [3.8, 4) is 0 Å². The number of pyridine rings is 1. The molecule has 3 rings (SSSR count). The number of rotatable bonds is 3. The fraction of sp³-hybridized carbons (Fsp3) is 0.0625. The van der Waals surface area contributed by atoms with Gasteiger partial charge in [0.1, 0.15) is 0 Å². The van der Waals surface area contributed by atoms with Crippen molar-refractivity contribution in [2.24, 2.45) is 0 Å². The Morgan fingerprint density at radius 3 is 2.52 bits per heavy atom. The second kappa shape index (κ2) is 5.18. The standard InChI is InChI=1S/C16H14N2O2S/c17-14-4-6-15(7-5-14)21(19,20)11-12-3-8-16-13(10-12)2-1-9-18-16/h1-10H,11,17H2. The second-order valence-electron chi connectivity index (χ2n) is 4.86. The normalized spacial score (nSPS) is 11.6. The summed E-state index contributed by atoms with van der Waals surface area (Å²) in [7, 11) is -3.37. The Morgan fingerprint density at radius 2 is 1.76 bits per heavy atom. The van der Waals surface area contributed by atoms with Crippen molar-refractivity contribution < 1.29 is 8.42 Å². The van der Waals surface area contributed by atoms with Crippen molar-refractivity contribution in [3.05, 3.63) is 66.4 Å². The van der Waals surface area contributed by atoms with E-state index in [4.69, 9.17) is 5.73 Å². The molecule has 0 aliphatic rings. The van der Waals surface area contributed by atoms with Crippen molar-refractivity contribution >= 4 is 26.4 Å². The largest absolute Gasteiger partial charge is 0.399 e. The molecule has 0 saturated heterocycles. The predicted molar refractivity (Wildman–Crippen MR) is 83.5 cm³/mol. The maximum absolute atomic E-state index is 12.4. The third-order valence-electron chi connectivity index (χ3n) is 3.26. The molecule has 0 fully saturated rings. The number of benzene rings is 2. The number of aromatic nitrogens is 1. The molecule has 1 aromatic heterocycles. The number of hydrogen-bond donors (Lipinski definition) is 1. The van der Waals surface area contributed by atoms with Gasteiger partial charge in [-0.2, -0.15) is 0 Å². The van der Waals surface area contributed by atoms with Crippen LogP contribution in [0.3, 0.4) is 0 Å². The van der Waals surface area contributed by atoms with Crippen LogP contribution in [0.5, 0.6) is 0 Å². The lowest BCUT2D eigenvalue weighted by atomic mass is 10.1. The molecule has 4 nitrogen and oxygen atoms in total. The number of fused-ring (bicyclic) bond motifs is 1. The Kier molecular flexibility index (Phi) is 3.35. The number of hydrogen-bond acceptors (Lipinski definition) is 4. The molecule has 3 aromatic rings. The summed E-state index contributed by atoms with van der Waals surface area (Å²) in [6.07, 6.45) is 1.72. The van der Waals surface area contributed by atoms with E-state index in [0.717, 1.165) is 16.5 Å². The van der Waals surface area contributed by atoms with Gasteiger partial charge in [-0.3, -0.25) is 4.98 Å². The van der Waals surface area contributed by atoms with E-state index >= 15 is 0 Å². The summed E-state index contributed by atoms with van der Waals surface area (Å²) in [6, 6.07) is 15.5. The van der Waals surface area contributed by atoms with Crippen LogP contribution in [0.25, 0.3) is 10.9 Å². The fourth-order valence-electron chi connectivity index (χ4n) is 2.19. The van der Waals surface area contributed by atoms with Gasteiger partial charge in [0, 0.05) is 17.3 Å². The summed E-state index contributed by atoms with van der Waals surface area (Å²) in [4.78, 5) is 4.50. The molecule has 2 aromatic carbocycles. The van der Waals surface area contributed by atoms with Crippen LogP contribution in [0.4, 0.5) is 5.69 Å². The molecule has 0 bridgehead atoms. The van der Waals surface area contributed by atoms with Crippen LogP contribution < -0.4 is 5.73 Å². The first-order valence-corrected chi connectivity index (χ1v) is 8.12. The van der Waals surface area contributed by atoms with Crippen molar-refractivity contribution in [2.45, 2.75) is 10.6 Å². The van der Waals surface area contributed by atoms with Gasteiger partial charge in [-0.15, -0.1) is 0 Å². The van der Waals surface area contributed by atoms with E-state index in [2.05, 4.69) is 4.98 Å². The Hall–Kier alpha value is -2.40. The summed E-state index contributed by atoms with van der Waals surface area (Å²) >= 11 is 0. The molecule has 0 radical (unpaired) electrons. The lowest BCUT2D eigenvalue weighted by Crippen LogP contribution is -2.05. The first-order valence-electron chi connectivity index (χ1n) is 6.46. The average molecular weight is 298 g/mol. The maximum atomic E-state index is 12.4. The first-order chi connectivity index (χ1) is 10.0. The molecule has 1 heterocycles. The number of nitrogens with two attached hydrogens (primary N) is 1. The van der Waals surface area contributed by atoms with Gasteiger partial charge in [0.15, 0.2) is 9.84 Å². The summed E-state index contributed by atoms with van der Waals surface area (Å²) in [5, 5.41) is 0.933. The van der Waals surface area contributed by atoms with E-state index in [1.54, 1.807) is 24.4 Å². The van der Waals surface area contributed by atoms with Gasteiger partial charge in [-0.25, -0.2) is 8.42 Å². The average Bonchev–Trinajstić information content (AvgIpc) is 2.47. The van der Waals surface area contributed by atoms with Gasteiger partial charge in [0.25, 0.3) is 0 Å². The lowest BCUT2D eigenvalue weighted by molar-refractivity contribution is 0.595. The zero-order chi connectivity index (χ0) is 14.9. The SMILES string of the molecule is Nc1ccc(S(=O)(=O)Cc2ccc3ncccc3c2)cc1. The number of sulfone groups is 1. The highest BCUT2D eigenvalue weighted by molar-refractivity contribution is 7.90. The molecular formula is C16H14N2O2S. The lowest BCUT2D eigenvalue weighted by Gasteiger charge is -2.06. The molecular weight excluding hydrogens is 284 g/mol. The van der Waals surface area contributed by atoms with Crippen molar-refractivity contribution in [2.75, 3.05) is 5.73 Å². The van der Waals surface area contributed by atoms with Crippen LogP contribution in [0.2, 0.25) is 0 Å². The summed E-state index contributed by atoms with van der Waals surface area (Å²) in [6.45, 7) is 0. The Bertz CT molecular complexity index is 888. The third-order valence-corrected chi connectivity index (χ3v) is 4.97. The topological polar surface area (TPSA) is 73.1 Å². The molecule has 0 unspecified atom stereocenters. The maximum Gasteiger partial charge on any atom is 0.182 e. The minimum atomic E-state index is -3.37. The quantitative estimate of drug-likeness (QED) is 0.755. The first kappa shape index (κ1) is 13.6. The van der Waals surface area contributed by atoms with E-state index in [9.17, 15) is 8.42 Å². The molecule has 21 heavy (non-hydrogen) atoms. The summed E-state index contributed by atoms with van der Waals surface area (Å²) in [5.74, 6) is -0.0399. The molecule has 106 valence electrons. The fourth-order valence-corrected chi connectivity index (χ4v) is 3.53. The van der Waals surface area contributed by atoms with Crippen LogP contribution in [0.1, 0.15) is 5.56 Å². The minimum Gasteiger partial charge on any atom is -0.399 e. The van der Waals surface area contributed by atoms with Gasteiger partial charge >= 0.3 is 0 Å². The van der Waals surface area contributed by atoms with Crippen molar-refractivity contribution in [3.63, 3.8) is 0 Å². The zero-order valence-corrected chi connectivity index (χ0v) is 12.0. The van der Waals surface area contributed by atoms with Gasteiger partial charge < -0.3 is 5.73 Å². The number of nitrogens with zero attached hydrogens (tertiary/aromatic N) is 1. The van der Waals surface area contributed by atoms with E-state index in [1.165, 1.54) is 12.1 Å². The van der Waals surface area contributed by atoms with Gasteiger partial charge in [-0.1, -0.05) is 12.1 Å². The van der Waals surface area contributed by atoms with Crippen molar-refractivity contribution in [1.29, 1.82) is 0 Å². The van der Waals surface area contributed by atoms with Crippen molar-refractivity contribution in [1.82, 2.24) is 4.98 Å². The predicted octanol–water partition coefficient (Wildman–Crippen LogP) is 2.79. The van der Waals surface area contributed by atoms with E-state index in [-0.39, 0.29) is 10.6 Å². The smallest absolute Gasteiger partial charge is 0.182 e. The molecule has 0 atom stereocenters. The summed E-state index contributed by atoms with van der Waals surface area (Å²) in [5.41, 5.74) is 7.73. The summed E-state index contributed by atoms with van der Waals surface area (Å²) < 4.78 is 24.8. The van der Waals surface area contributed by atoms with Crippen LogP contribution in [-0.2, 0) is 15.6 Å². The van der Waals surface area contributed by atoms with Gasteiger partial charge in [-0.05, 0) is 48.0 Å². The molecule has 0 aliphatic carbocycles. The Morgan fingerprint density at radius 1 is 1.00 bits per heavy atom. The third kappa shape index (κ3) is 2.87. The zero-order valence-electron chi connectivity index (χ0n) is 11.2. The molecule has 0 aliphatic heterocycles. The Labute approximate surface area is 123 Å². The second-order valence-corrected chi connectivity index (χ2v) is 6.85. The molecule has 0 spiro atoms. The van der Waals surface area contributed by atoms with Crippen LogP contribution >= 0.6 is 0 Å². The monoisotopic (exact) mass is 298 g/mol. The van der Waals surface area contributed by atoms with Crippen LogP contribution in [0, 0.1) is 0 Å². The molecule has 5 heteroatoms. The highest BCUT2D eigenvalue weighted by atomic mass is 32.2. The number of nitrogen functional groups attached to an aromatic ring is 1. The van der Waals surface area contributed by atoms with Crippen LogP contribution in [-0.4, -0.2) is 13.4 Å². The highest BCUT2D eigenvalue weighted by Gasteiger charge is 2.15. The van der Waals surface area contributed by atoms with E-state index in [1.807, 2.05) is 24.3 Å². The van der Waals surface area contributed by atoms with E-state index < -0.39 is 9.84 Å². The van der Waals surface area contributed by atoms with E-state index in [0.29, 0.717) is 5.69 Å².